The molecule has 116 valence electrons. The molecule has 0 bridgehead atoms. The van der Waals surface area contributed by atoms with E-state index in [4.69, 9.17) is 9.47 Å². The first kappa shape index (κ1) is 15.8. The highest BCUT2D eigenvalue weighted by molar-refractivity contribution is 6.01. The van der Waals surface area contributed by atoms with E-state index in [1.807, 2.05) is 45.0 Å². The summed E-state index contributed by atoms with van der Waals surface area (Å²) in [6.45, 7) is 5.73. The molecule has 2 aromatic rings. The second kappa shape index (κ2) is 6.89. The highest BCUT2D eigenvalue weighted by Gasteiger charge is 2.08. The van der Waals surface area contributed by atoms with E-state index in [1.165, 1.54) is 0 Å². The summed E-state index contributed by atoms with van der Waals surface area (Å²) in [5.41, 5.74) is 6.31. The van der Waals surface area contributed by atoms with Gasteiger partial charge in [0.1, 0.15) is 11.5 Å². The lowest BCUT2D eigenvalue weighted by molar-refractivity contribution is 0.394. The van der Waals surface area contributed by atoms with Gasteiger partial charge in [-0.25, -0.2) is 15.4 Å². The Morgan fingerprint density at radius 2 is 1.73 bits per heavy atom. The van der Waals surface area contributed by atoms with E-state index in [0.29, 0.717) is 11.7 Å². The molecular formula is C16H20N4O2. The fourth-order valence-corrected chi connectivity index (χ4v) is 2.07. The van der Waals surface area contributed by atoms with Crippen LogP contribution in [0.1, 0.15) is 23.9 Å². The van der Waals surface area contributed by atoms with Crippen LogP contribution in [0.2, 0.25) is 0 Å². The zero-order valence-electron chi connectivity index (χ0n) is 13.5. The molecular weight excluding hydrogens is 280 g/mol. The van der Waals surface area contributed by atoms with Crippen molar-refractivity contribution < 1.29 is 9.47 Å². The van der Waals surface area contributed by atoms with Crippen molar-refractivity contribution in [1.29, 1.82) is 0 Å². The first-order valence-corrected chi connectivity index (χ1v) is 6.88. The van der Waals surface area contributed by atoms with Crippen molar-refractivity contribution in [2.75, 3.05) is 19.6 Å². The Morgan fingerprint density at radius 3 is 2.32 bits per heavy atom. The van der Waals surface area contributed by atoms with Crippen LogP contribution in [-0.4, -0.2) is 29.9 Å². The van der Waals surface area contributed by atoms with Crippen molar-refractivity contribution in [2.45, 2.75) is 20.8 Å². The number of rotatable bonds is 5. The molecule has 0 aliphatic carbocycles. The number of hydrogen-bond donors (Lipinski definition) is 1. The van der Waals surface area contributed by atoms with Gasteiger partial charge in [0.15, 0.2) is 0 Å². The third-order valence-corrected chi connectivity index (χ3v) is 3.10. The van der Waals surface area contributed by atoms with Crippen molar-refractivity contribution in [3.05, 3.63) is 41.2 Å². The van der Waals surface area contributed by atoms with Gasteiger partial charge in [0.25, 0.3) is 0 Å². The van der Waals surface area contributed by atoms with E-state index in [2.05, 4.69) is 20.5 Å². The molecule has 0 aliphatic rings. The third kappa shape index (κ3) is 3.72. The van der Waals surface area contributed by atoms with E-state index in [1.54, 1.807) is 14.2 Å². The van der Waals surface area contributed by atoms with Crippen LogP contribution >= 0.6 is 0 Å². The van der Waals surface area contributed by atoms with Crippen LogP contribution in [-0.2, 0) is 0 Å². The number of benzene rings is 1. The maximum atomic E-state index is 5.38. The highest BCUT2D eigenvalue weighted by atomic mass is 16.5. The maximum Gasteiger partial charge on any atom is 0.243 e. The standard InChI is InChI=1S/C16H20N4O2/c1-10-8-11(2)18-16(17-10)20-19-12(3)14-7-6-13(21-4)9-15(14)22-5/h6-9H,1-5H3,(H,17,18,20)/b19-12-. The van der Waals surface area contributed by atoms with Crippen LogP contribution < -0.4 is 14.9 Å². The maximum absolute atomic E-state index is 5.38. The Labute approximate surface area is 130 Å². The summed E-state index contributed by atoms with van der Waals surface area (Å²) in [5, 5.41) is 4.33. The number of anilines is 1. The number of aromatic nitrogens is 2. The fraction of sp³-hybridized carbons (Fsp3) is 0.312. The summed E-state index contributed by atoms with van der Waals surface area (Å²) >= 11 is 0. The summed E-state index contributed by atoms with van der Waals surface area (Å²) in [4.78, 5) is 8.58. The Kier molecular flexibility index (Phi) is 4.93. The summed E-state index contributed by atoms with van der Waals surface area (Å²) in [7, 11) is 3.24. The molecule has 0 radical (unpaired) electrons. The molecule has 0 saturated carbocycles. The molecule has 6 heteroatoms. The number of hydrogen-bond acceptors (Lipinski definition) is 6. The van der Waals surface area contributed by atoms with Crippen molar-refractivity contribution in [2.24, 2.45) is 5.10 Å². The Hall–Kier alpha value is -2.63. The lowest BCUT2D eigenvalue weighted by Crippen LogP contribution is -2.05. The van der Waals surface area contributed by atoms with Gasteiger partial charge >= 0.3 is 0 Å². The number of aryl methyl sites for hydroxylation is 2. The number of ether oxygens (including phenoxy) is 2. The van der Waals surface area contributed by atoms with Crippen molar-refractivity contribution >= 4 is 11.7 Å². The molecule has 1 heterocycles. The minimum absolute atomic E-state index is 0.476. The quantitative estimate of drug-likeness (QED) is 0.679. The van der Waals surface area contributed by atoms with Crippen LogP contribution in [0.4, 0.5) is 5.95 Å². The molecule has 0 aliphatic heterocycles. The molecule has 0 saturated heterocycles. The Morgan fingerprint density at radius 1 is 1.05 bits per heavy atom. The van der Waals surface area contributed by atoms with Crippen LogP contribution in [0.5, 0.6) is 11.5 Å². The minimum atomic E-state index is 0.476. The first-order valence-electron chi connectivity index (χ1n) is 6.88. The SMILES string of the molecule is COc1ccc(/C(C)=N\Nc2nc(C)cc(C)n2)c(OC)c1. The average Bonchev–Trinajstić information content (AvgIpc) is 2.51. The van der Waals surface area contributed by atoms with Crippen LogP contribution in [0.25, 0.3) is 0 Å². The predicted molar refractivity (Wildman–Crippen MR) is 86.9 cm³/mol. The van der Waals surface area contributed by atoms with E-state index >= 15 is 0 Å². The van der Waals surface area contributed by atoms with E-state index in [-0.39, 0.29) is 0 Å². The van der Waals surface area contributed by atoms with E-state index in [9.17, 15) is 0 Å². The smallest absolute Gasteiger partial charge is 0.243 e. The number of methoxy groups -OCH3 is 2. The summed E-state index contributed by atoms with van der Waals surface area (Å²) in [6.07, 6.45) is 0. The second-order valence-corrected chi connectivity index (χ2v) is 4.85. The molecule has 0 amide bonds. The van der Waals surface area contributed by atoms with Gasteiger partial charge in [-0.3, -0.25) is 0 Å². The molecule has 0 fully saturated rings. The monoisotopic (exact) mass is 300 g/mol. The second-order valence-electron chi connectivity index (χ2n) is 4.85. The fourth-order valence-electron chi connectivity index (χ4n) is 2.07. The van der Waals surface area contributed by atoms with Crippen molar-refractivity contribution in [3.63, 3.8) is 0 Å². The van der Waals surface area contributed by atoms with Gasteiger partial charge in [0.2, 0.25) is 5.95 Å². The zero-order chi connectivity index (χ0) is 16.1. The lowest BCUT2D eigenvalue weighted by atomic mass is 10.1. The molecule has 0 atom stereocenters. The molecule has 1 N–H and O–H groups in total. The average molecular weight is 300 g/mol. The lowest BCUT2D eigenvalue weighted by Gasteiger charge is -2.10. The molecule has 1 aromatic carbocycles. The summed E-state index contributed by atoms with van der Waals surface area (Å²) < 4.78 is 10.6. The van der Waals surface area contributed by atoms with E-state index in [0.717, 1.165) is 28.4 Å². The largest absolute Gasteiger partial charge is 0.497 e. The van der Waals surface area contributed by atoms with Gasteiger partial charge in [-0.05, 0) is 39.0 Å². The van der Waals surface area contributed by atoms with E-state index < -0.39 is 0 Å². The number of nitrogens with one attached hydrogen (secondary N) is 1. The van der Waals surface area contributed by atoms with Gasteiger partial charge in [-0.15, -0.1) is 0 Å². The number of nitrogens with zero attached hydrogens (tertiary/aromatic N) is 3. The predicted octanol–water partition coefficient (Wildman–Crippen LogP) is 2.95. The normalized spacial score (nSPS) is 11.2. The van der Waals surface area contributed by atoms with Gasteiger partial charge in [0, 0.05) is 23.0 Å². The van der Waals surface area contributed by atoms with Crippen LogP contribution in [0.3, 0.4) is 0 Å². The molecule has 0 unspecified atom stereocenters. The minimum Gasteiger partial charge on any atom is -0.497 e. The summed E-state index contributed by atoms with van der Waals surface area (Å²) in [5.74, 6) is 1.91. The van der Waals surface area contributed by atoms with Crippen LogP contribution in [0, 0.1) is 13.8 Å². The molecule has 2 rings (SSSR count). The van der Waals surface area contributed by atoms with Gasteiger partial charge < -0.3 is 9.47 Å². The highest BCUT2D eigenvalue weighted by Crippen LogP contribution is 2.25. The van der Waals surface area contributed by atoms with Crippen molar-refractivity contribution in [3.8, 4) is 11.5 Å². The Bertz CT molecular complexity index is 678. The topological polar surface area (TPSA) is 68.6 Å². The van der Waals surface area contributed by atoms with Crippen LogP contribution in [0.15, 0.2) is 29.4 Å². The number of hydrazone groups is 1. The van der Waals surface area contributed by atoms with Gasteiger partial charge in [-0.1, -0.05) is 0 Å². The molecule has 1 aromatic heterocycles. The molecule has 22 heavy (non-hydrogen) atoms. The third-order valence-electron chi connectivity index (χ3n) is 3.10. The molecule has 0 spiro atoms. The van der Waals surface area contributed by atoms with Gasteiger partial charge in [-0.2, -0.15) is 5.10 Å². The van der Waals surface area contributed by atoms with Gasteiger partial charge in [0.05, 0.1) is 19.9 Å². The Balaban J connectivity index is 2.25. The zero-order valence-corrected chi connectivity index (χ0v) is 13.5. The summed E-state index contributed by atoms with van der Waals surface area (Å²) in [6, 6.07) is 7.50. The molecule has 6 nitrogen and oxygen atoms in total. The van der Waals surface area contributed by atoms with Crippen molar-refractivity contribution in [1.82, 2.24) is 9.97 Å². The first-order chi connectivity index (χ1) is 10.5.